The van der Waals surface area contributed by atoms with Crippen molar-refractivity contribution in [3.63, 3.8) is 0 Å². The zero-order valence-corrected chi connectivity index (χ0v) is 12.0. The minimum atomic E-state index is -0.402. The van der Waals surface area contributed by atoms with E-state index in [0.717, 1.165) is 16.8 Å². The highest BCUT2D eigenvalue weighted by atomic mass is 35.5. The summed E-state index contributed by atoms with van der Waals surface area (Å²) >= 11 is 6.32. The Labute approximate surface area is 113 Å². The predicted molar refractivity (Wildman–Crippen MR) is 75.1 cm³/mol. The van der Waals surface area contributed by atoms with Gasteiger partial charge in [0.25, 0.3) is 0 Å². The number of carbonyl (C=O) groups excluding carboxylic acids is 1. The van der Waals surface area contributed by atoms with Crippen LogP contribution in [-0.4, -0.2) is 17.5 Å². The van der Waals surface area contributed by atoms with Crippen LogP contribution in [0.4, 0.5) is 5.69 Å². The van der Waals surface area contributed by atoms with E-state index in [9.17, 15) is 4.79 Å². The number of amides is 1. The fourth-order valence-corrected chi connectivity index (χ4v) is 3.03. The van der Waals surface area contributed by atoms with Crippen LogP contribution < -0.4 is 10.6 Å². The topological polar surface area (TPSA) is 46.3 Å². The number of rotatable bonds is 1. The van der Waals surface area contributed by atoms with E-state index in [1.54, 1.807) is 4.90 Å². The van der Waals surface area contributed by atoms with E-state index in [4.69, 9.17) is 17.3 Å². The van der Waals surface area contributed by atoms with Crippen molar-refractivity contribution in [1.29, 1.82) is 0 Å². The molecule has 1 atom stereocenters. The molecule has 98 valence electrons. The van der Waals surface area contributed by atoms with Gasteiger partial charge < -0.3 is 10.6 Å². The van der Waals surface area contributed by atoms with Crippen LogP contribution in [0.1, 0.15) is 31.4 Å². The van der Waals surface area contributed by atoms with Crippen LogP contribution in [0.25, 0.3) is 0 Å². The third kappa shape index (κ3) is 1.91. The van der Waals surface area contributed by atoms with Gasteiger partial charge >= 0.3 is 0 Å². The zero-order valence-electron chi connectivity index (χ0n) is 11.2. The summed E-state index contributed by atoms with van der Waals surface area (Å²) in [7, 11) is 0. The second-order valence-electron chi connectivity index (χ2n) is 5.61. The Morgan fingerprint density at radius 2 is 2.00 bits per heavy atom. The van der Waals surface area contributed by atoms with E-state index in [-0.39, 0.29) is 11.9 Å². The van der Waals surface area contributed by atoms with E-state index in [1.807, 2.05) is 39.8 Å². The largest absolute Gasteiger partial charge is 0.325 e. The summed E-state index contributed by atoms with van der Waals surface area (Å²) in [6.45, 7) is 7.93. The lowest BCUT2D eigenvalue weighted by molar-refractivity contribution is -0.117. The number of hydrogen-bond donors (Lipinski definition) is 1. The Hall–Kier alpha value is -1.06. The van der Waals surface area contributed by atoms with Gasteiger partial charge in [-0.15, -0.1) is 0 Å². The first-order valence-corrected chi connectivity index (χ1v) is 6.48. The predicted octanol–water partition coefficient (Wildman–Crippen LogP) is 2.80. The van der Waals surface area contributed by atoms with Gasteiger partial charge in [-0.1, -0.05) is 17.7 Å². The van der Waals surface area contributed by atoms with E-state index in [1.165, 1.54) is 0 Å². The Kier molecular flexibility index (Phi) is 3.16. The second-order valence-corrected chi connectivity index (χ2v) is 6.01. The molecule has 0 saturated carbocycles. The van der Waals surface area contributed by atoms with Crippen molar-refractivity contribution in [2.24, 2.45) is 5.73 Å². The summed E-state index contributed by atoms with van der Waals surface area (Å²) in [6.07, 6.45) is 0.372. The monoisotopic (exact) mass is 266 g/mol. The zero-order chi connectivity index (χ0) is 13.7. The molecule has 2 N–H and O–H groups in total. The van der Waals surface area contributed by atoms with Crippen LogP contribution in [0.5, 0.6) is 0 Å². The van der Waals surface area contributed by atoms with Crippen LogP contribution in [-0.2, 0) is 4.79 Å². The molecular formula is C14H19ClN2O. The molecule has 3 nitrogen and oxygen atoms in total. The molecular weight excluding hydrogens is 248 g/mol. The Morgan fingerprint density at radius 3 is 2.44 bits per heavy atom. The molecule has 1 aliphatic heterocycles. The summed E-state index contributed by atoms with van der Waals surface area (Å²) in [5, 5.41) is 0.614. The SMILES string of the molecule is Cc1cc(C)c(N2C(=O)CC(N)C2(C)C)c(Cl)c1. The third-order valence-corrected chi connectivity index (χ3v) is 4.04. The van der Waals surface area contributed by atoms with Crippen molar-refractivity contribution in [1.82, 2.24) is 0 Å². The molecule has 4 heteroatoms. The molecule has 0 aromatic heterocycles. The lowest BCUT2D eigenvalue weighted by Gasteiger charge is -2.36. The van der Waals surface area contributed by atoms with Gasteiger partial charge in [-0.05, 0) is 44.9 Å². The standard InChI is InChI=1S/C14H19ClN2O/c1-8-5-9(2)13(10(15)6-8)17-12(18)7-11(16)14(17,3)4/h5-6,11H,7,16H2,1-4H3. The number of nitrogens with zero attached hydrogens (tertiary/aromatic N) is 1. The first kappa shape index (κ1) is 13.4. The molecule has 1 fully saturated rings. The third-order valence-electron chi connectivity index (χ3n) is 3.75. The van der Waals surface area contributed by atoms with Crippen molar-refractivity contribution < 1.29 is 4.79 Å². The fourth-order valence-electron chi connectivity index (χ4n) is 2.62. The lowest BCUT2D eigenvalue weighted by atomic mass is 9.95. The molecule has 0 radical (unpaired) electrons. The number of nitrogens with two attached hydrogens (primary N) is 1. The molecule has 1 saturated heterocycles. The first-order chi connectivity index (χ1) is 8.25. The normalized spacial score (nSPS) is 22.7. The molecule has 2 rings (SSSR count). The van der Waals surface area contributed by atoms with Gasteiger partial charge in [-0.3, -0.25) is 4.79 Å². The summed E-state index contributed by atoms with van der Waals surface area (Å²) < 4.78 is 0. The second kappa shape index (κ2) is 4.25. The van der Waals surface area contributed by atoms with Crippen molar-refractivity contribution in [2.45, 2.75) is 45.7 Å². The molecule has 1 aromatic rings. The molecule has 1 aromatic carbocycles. The minimum Gasteiger partial charge on any atom is -0.325 e. The summed E-state index contributed by atoms with van der Waals surface area (Å²) in [5.74, 6) is 0.0429. The van der Waals surface area contributed by atoms with Gasteiger partial charge in [0.15, 0.2) is 0 Å². The molecule has 0 bridgehead atoms. The van der Waals surface area contributed by atoms with E-state index >= 15 is 0 Å². The van der Waals surface area contributed by atoms with Crippen LogP contribution in [0.3, 0.4) is 0 Å². The highest BCUT2D eigenvalue weighted by Crippen LogP contribution is 2.40. The maximum atomic E-state index is 12.2. The van der Waals surface area contributed by atoms with Crippen LogP contribution >= 0.6 is 11.6 Å². The summed E-state index contributed by atoms with van der Waals surface area (Å²) in [4.78, 5) is 13.9. The summed E-state index contributed by atoms with van der Waals surface area (Å²) in [5.41, 5.74) is 8.55. The highest BCUT2D eigenvalue weighted by molar-refractivity contribution is 6.34. The molecule has 1 unspecified atom stereocenters. The van der Waals surface area contributed by atoms with Gasteiger partial charge in [-0.2, -0.15) is 0 Å². The highest BCUT2D eigenvalue weighted by Gasteiger charge is 2.46. The van der Waals surface area contributed by atoms with E-state index in [2.05, 4.69) is 0 Å². The van der Waals surface area contributed by atoms with Crippen LogP contribution in [0, 0.1) is 13.8 Å². The Morgan fingerprint density at radius 1 is 1.39 bits per heavy atom. The lowest BCUT2D eigenvalue weighted by Crippen LogP contribution is -2.50. The smallest absolute Gasteiger partial charge is 0.229 e. The molecule has 1 aliphatic rings. The molecule has 18 heavy (non-hydrogen) atoms. The Bertz CT molecular complexity index is 488. The first-order valence-electron chi connectivity index (χ1n) is 6.10. The fraction of sp³-hybridized carbons (Fsp3) is 0.500. The maximum absolute atomic E-state index is 12.2. The number of halogens is 1. The van der Waals surface area contributed by atoms with Gasteiger partial charge in [0.1, 0.15) is 0 Å². The summed E-state index contributed by atoms with van der Waals surface area (Å²) in [6, 6.07) is 3.76. The average Bonchev–Trinajstić information content (AvgIpc) is 2.39. The maximum Gasteiger partial charge on any atom is 0.229 e. The van der Waals surface area contributed by atoms with Crippen molar-refractivity contribution >= 4 is 23.2 Å². The number of carbonyl (C=O) groups is 1. The van der Waals surface area contributed by atoms with E-state index in [0.29, 0.717) is 11.4 Å². The molecule has 1 heterocycles. The van der Waals surface area contributed by atoms with Crippen molar-refractivity contribution in [3.05, 3.63) is 28.3 Å². The quantitative estimate of drug-likeness (QED) is 0.850. The molecule has 0 spiro atoms. The number of aryl methyl sites for hydroxylation is 2. The molecule has 0 aliphatic carbocycles. The number of hydrogen-bond acceptors (Lipinski definition) is 2. The minimum absolute atomic E-state index is 0.0429. The van der Waals surface area contributed by atoms with Crippen LogP contribution in [0.2, 0.25) is 5.02 Å². The van der Waals surface area contributed by atoms with E-state index < -0.39 is 5.54 Å². The number of benzene rings is 1. The Balaban J connectivity index is 2.59. The van der Waals surface area contributed by atoms with Gasteiger partial charge in [0, 0.05) is 12.5 Å². The van der Waals surface area contributed by atoms with Gasteiger partial charge in [-0.25, -0.2) is 0 Å². The van der Waals surface area contributed by atoms with Gasteiger partial charge in [0.2, 0.25) is 5.91 Å². The number of anilines is 1. The molecule has 1 amide bonds. The van der Waals surface area contributed by atoms with Crippen LogP contribution in [0.15, 0.2) is 12.1 Å². The van der Waals surface area contributed by atoms with Gasteiger partial charge in [0.05, 0.1) is 16.2 Å². The van der Waals surface area contributed by atoms with Crippen molar-refractivity contribution in [3.8, 4) is 0 Å². The van der Waals surface area contributed by atoms with Crippen molar-refractivity contribution in [2.75, 3.05) is 4.90 Å². The average molecular weight is 267 g/mol.